The highest BCUT2D eigenvalue weighted by Gasteiger charge is 2.26. The Kier molecular flexibility index (Phi) is 3.74. The van der Waals surface area contributed by atoms with Crippen LogP contribution in [-0.4, -0.2) is 22.9 Å². The van der Waals surface area contributed by atoms with E-state index in [0.717, 1.165) is 25.3 Å². The van der Waals surface area contributed by atoms with Gasteiger partial charge in [0.15, 0.2) is 0 Å². The van der Waals surface area contributed by atoms with E-state index in [2.05, 4.69) is 41.7 Å². The summed E-state index contributed by atoms with van der Waals surface area (Å²) in [6, 6.07) is 8.69. The lowest BCUT2D eigenvalue weighted by Crippen LogP contribution is -2.34. The van der Waals surface area contributed by atoms with Crippen molar-refractivity contribution in [2.75, 3.05) is 13.2 Å². The summed E-state index contributed by atoms with van der Waals surface area (Å²) in [5.41, 5.74) is 2.55. The molecule has 0 aliphatic carbocycles. The van der Waals surface area contributed by atoms with Gasteiger partial charge in [0.2, 0.25) is 0 Å². The predicted octanol–water partition coefficient (Wildman–Crippen LogP) is 2.32. The Morgan fingerprint density at radius 1 is 1.40 bits per heavy atom. The molecule has 0 fully saturated rings. The zero-order valence-electron chi connectivity index (χ0n) is 12.0. The van der Waals surface area contributed by atoms with Crippen molar-refractivity contribution in [3.8, 4) is 5.75 Å². The Bertz CT molecular complexity index is 579. The van der Waals surface area contributed by atoms with Crippen molar-refractivity contribution in [3.05, 3.63) is 47.8 Å². The molecular formula is C16H21N3O. The molecule has 2 unspecified atom stereocenters. The van der Waals surface area contributed by atoms with Crippen LogP contribution in [0.15, 0.2) is 36.7 Å². The Hall–Kier alpha value is -1.81. The SMILES string of the molecule is CC1COc2ccccc2C1NCCc1cnn(C)c1. The Labute approximate surface area is 119 Å². The van der Waals surface area contributed by atoms with Crippen molar-refractivity contribution in [1.29, 1.82) is 0 Å². The number of fused-ring (bicyclic) bond motifs is 1. The fourth-order valence-electron chi connectivity index (χ4n) is 2.78. The number of ether oxygens (including phenoxy) is 1. The average Bonchev–Trinajstić information content (AvgIpc) is 2.87. The van der Waals surface area contributed by atoms with E-state index in [9.17, 15) is 0 Å². The molecule has 2 aromatic rings. The number of benzene rings is 1. The molecule has 2 heterocycles. The molecule has 1 aromatic carbocycles. The molecule has 2 atom stereocenters. The smallest absolute Gasteiger partial charge is 0.124 e. The summed E-state index contributed by atoms with van der Waals surface area (Å²) in [5.74, 6) is 1.50. The molecule has 20 heavy (non-hydrogen) atoms. The highest BCUT2D eigenvalue weighted by Crippen LogP contribution is 2.34. The van der Waals surface area contributed by atoms with Crippen molar-refractivity contribution >= 4 is 0 Å². The predicted molar refractivity (Wildman–Crippen MR) is 78.8 cm³/mol. The maximum absolute atomic E-state index is 5.78. The van der Waals surface area contributed by atoms with Crippen LogP contribution in [0.5, 0.6) is 5.75 Å². The van der Waals surface area contributed by atoms with E-state index in [4.69, 9.17) is 4.74 Å². The van der Waals surface area contributed by atoms with E-state index >= 15 is 0 Å². The van der Waals surface area contributed by atoms with Gasteiger partial charge in [0, 0.05) is 30.8 Å². The molecule has 1 N–H and O–H groups in total. The van der Waals surface area contributed by atoms with Crippen LogP contribution in [0.4, 0.5) is 0 Å². The van der Waals surface area contributed by atoms with Crippen LogP contribution in [0.2, 0.25) is 0 Å². The quantitative estimate of drug-likeness (QED) is 0.927. The lowest BCUT2D eigenvalue weighted by atomic mass is 9.92. The minimum Gasteiger partial charge on any atom is -0.493 e. The zero-order chi connectivity index (χ0) is 13.9. The van der Waals surface area contributed by atoms with Crippen molar-refractivity contribution in [2.24, 2.45) is 13.0 Å². The third kappa shape index (κ3) is 2.70. The van der Waals surface area contributed by atoms with Crippen LogP contribution in [0.3, 0.4) is 0 Å². The Morgan fingerprint density at radius 2 is 2.25 bits per heavy atom. The third-order valence-electron chi connectivity index (χ3n) is 3.86. The van der Waals surface area contributed by atoms with Gasteiger partial charge < -0.3 is 10.1 Å². The van der Waals surface area contributed by atoms with Gasteiger partial charge in [-0.1, -0.05) is 25.1 Å². The van der Waals surface area contributed by atoms with Crippen LogP contribution in [0.25, 0.3) is 0 Å². The summed E-state index contributed by atoms with van der Waals surface area (Å²) in [6.07, 6.45) is 5.01. The molecule has 0 spiro atoms. The fraction of sp³-hybridized carbons (Fsp3) is 0.438. The molecule has 0 saturated carbocycles. The topological polar surface area (TPSA) is 39.1 Å². The monoisotopic (exact) mass is 271 g/mol. The first-order valence-corrected chi connectivity index (χ1v) is 7.16. The highest BCUT2D eigenvalue weighted by molar-refractivity contribution is 5.37. The van der Waals surface area contributed by atoms with E-state index in [-0.39, 0.29) is 0 Å². The van der Waals surface area contributed by atoms with E-state index in [1.54, 1.807) is 0 Å². The van der Waals surface area contributed by atoms with Crippen molar-refractivity contribution in [1.82, 2.24) is 15.1 Å². The number of rotatable bonds is 4. The van der Waals surface area contributed by atoms with Gasteiger partial charge in [-0.2, -0.15) is 5.10 Å². The Morgan fingerprint density at radius 3 is 3.05 bits per heavy atom. The first-order chi connectivity index (χ1) is 9.74. The molecule has 1 aliphatic heterocycles. The molecule has 3 rings (SSSR count). The molecule has 0 saturated heterocycles. The van der Waals surface area contributed by atoms with Gasteiger partial charge in [-0.15, -0.1) is 0 Å². The second-order valence-corrected chi connectivity index (χ2v) is 5.53. The molecule has 1 aromatic heterocycles. The molecule has 4 nitrogen and oxygen atoms in total. The lowest BCUT2D eigenvalue weighted by molar-refractivity contribution is 0.189. The Balaban J connectivity index is 1.64. The standard InChI is InChI=1S/C16H21N3O/c1-12-11-20-15-6-4-3-5-14(15)16(12)17-8-7-13-9-18-19(2)10-13/h3-6,9-10,12,16-17H,7-8,11H2,1-2H3. The minimum absolute atomic E-state index is 0.372. The van der Waals surface area contributed by atoms with Crippen molar-refractivity contribution in [3.63, 3.8) is 0 Å². The fourth-order valence-corrected chi connectivity index (χ4v) is 2.78. The zero-order valence-corrected chi connectivity index (χ0v) is 12.0. The summed E-state index contributed by atoms with van der Waals surface area (Å²) in [4.78, 5) is 0. The maximum atomic E-state index is 5.78. The van der Waals surface area contributed by atoms with Gasteiger partial charge in [-0.3, -0.25) is 4.68 Å². The van der Waals surface area contributed by atoms with E-state index in [1.807, 2.05) is 24.0 Å². The van der Waals surface area contributed by atoms with E-state index < -0.39 is 0 Å². The number of hydrogen-bond acceptors (Lipinski definition) is 3. The molecule has 0 amide bonds. The first-order valence-electron chi connectivity index (χ1n) is 7.16. The van der Waals surface area contributed by atoms with Crippen LogP contribution >= 0.6 is 0 Å². The van der Waals surface area contributed by atoms with Gasteiger partial charge in [0.25, 0.3) is 0 Å². The number of nitrogens with zero attached hydrogens (tertiary/aromatic N) is 2. The molecule has 1 aliphatic rings. The van der Waals surface area contributed by atoms with Crippen LogP contribution in [0, 0.1) is 5.92 Å². The molecule has 0 radical (unpaired) electrons. The summed E-state index contributed by atoms with van der Waals surface area (Å²) < 4.78 is 7.63. The van der Waals surface area contributed by atoms with Gasteiger partial charge in [-0.05, 0) is 24.6 Å². The summed E-state index contributed by atoms with van der Waals surface area (Å²) in [6.45, 7) is 3.97. The van der Waals surface area contributed by atoms with Gasteiger partial charge in [-0.25, -0.2) is 0 Å². The van der Waals surface area contributed by atoms with Crippen LogP contribution in [0.1, 0.15) is 24.1 Å². The van der Waals surface area contributed by atoms with Crippen molar-refractivity contribution < 1.29 is 4.74 Å². The second-order valence-electron chi connectivity index (χ2n) is 5.53. The maximum Gasteiger partial charge on any atom is 0.124 e. The van der Waals surface area contributed by atoms with E-state index in [0.29, 0.717) is 12.0 Å². The van der Waals surface area contributed by atoms with E-state index in [1.165, 1.54) is 11.1 Å². The summed E-state index contributed by atoms with van der Waals surface area (Å²) in [7, 11) is 1.95. The summed E-state index contributed by atoms with van der Waals surface area (Å²) >= 11 is 0. The van der Waals surface area contributed by atoms with Gasteiger partial charge >= 0.3 is 0 Å². The number of para-hydroxylation sites is 1. The molecule has 4 heteroatoms. The normalized spacial score (nSPS) is 21.3. The van der Waals surface area contributed by atoms with Crippen LogP contribution in [-0.2, 0) is 13.5 Å². The molecule has 0 bridgehead atoms. The number of aryl methyl sites for hydroxylation is 1. The largest absolute Gasteiger partial charge is 0.493 e. The lowest BCUT2D eigenvalue weighted by Gasteiger charge is -2.32. The molecule has 106 valence electrons. The van der Waals surface area contributed by atoms with Crippen LogP contribution < -0.4 is 10.1 Å². The van der Waals surface area contributed by atoms with Gasteiger partial charge in [0.1, 0.15) is 5.75 Å². The second kappa shape index (κ2) is 5.67. The third-order valence-corrected chi connectivity index (χ3v) is 3.86. The minimum atomic E-state index is 0.372. The van der Waals surface area contributed by atoms with Gasteiger partial charge in [0.05, 0.1) is 12.8 Å². The number of nitrogens with one attached hydrogen (secondary N) is 1. The number of aromatic nitrogens is 2. The van der Waals surface area contributed by atoms with Crippen molar-refractivity contribution in [2.45, 2.75) is 19.4 Å². The summed E-state index contributed by atoms with van der Waals surface area (Å²) in [5, 5.41) is 7.87. The highest BCUT2D eigenvalue weighted by atomic mass is 16.5. The first kappa shape index (κ1) is 13.2. The number of hydrogen-bond donors (Lipinski definition) is 1. The molecular weight excluding hydrogens is 250 g/mol. The average molecular weight is 271 g/mol.